The van der Waals surface area contributed by atoms with Crippen LogP contribution in [0.1, 0.15) is 19.8 Å². The molecule has 1 aliphatic rings. The number of sulfonamides is 1. The zero-order valence-electron chi connectivity index (χ0n) is 14.9. The summed E-state index contributed by atoms with van der Waals surface area (Å²) < 4.78 is 32.1. The molecule has 0 saturated carbocycles. The van der Waals surface area contributed by atoms with Crippen LogP contribution in [0.2, 0.25) is 5.02 Å². The van der Waals surface area contributed by atoms with Gasteiger partial charge in [0.2, 0.25) is 10.0 Å². The minimum absolute atomic E-state index is 0.227. The number of halogens is 1. The first-order chi connectivity index (χ1) is 12.9. The molecule has 0 radical (unpaired) electrons. The first kappa shape index (κ1) is 19.7. The van der Waals surface area contributed by atoms with Crippen LogP contribution in [0, 0.1) is 0 Å². The van der Waals surface area contributed by atoms with Crippen molar-refractivity contribution in [3.8, 4) is 5.75 Å². The summed E-state index contributed by atoms with van der Waals surface area (Å²) in [4.78, 5) is 12.5. The number of carbonyl (C=O) groups excluding carboxylic acids is 1. The number of ether oxygens (including phenoxy) is 1. The summed E-state index contributed by atoms with van der Waals surface area (Å²) in [6, 6.07) is 13.0. The van der Waals surface area contributed by atoms with E-state index in [9.17, 15) is 13.2 Å². The van der Waals surface area contributed by atoms with Gasteiger partial charge in [0.15, 0.2) is 6.10 Å². The molecule has 2 aromatic carbocycles. The SMILES string of the molecule is C[C@@H](Oc1cccc(Cl)c1)C(=O)Nc1ccc(S(=O)(=O)N2CCCC2)cc1. The highest BCUT2D eigenvalue weighted by molar-refractivity contribution is 7.89. The van der Waals surface area contributed by atoms with E-state index in [2.05, 4.69) is 5.32 Å². The molecule has 0 aromatic heterocycles. The average Bonchev–Trinajstić information content (AvgIpc) is 3.17. The predicted octanol–water partition coefficient (Wildman–Crippen LogP) is 3.53. The number of nitrogens with zero attached hydrogens (tertiary/aromatic N) is 1. The fraction of sp³-hybridized carbons (Fsp3) is 0.316. The van der Waals surface area contributed by atoms with Gasteiger partial charge in [-0.2, -0.15) is 4.31 Å². The van der Waals surface area contributed by atoms with Gasteiger partial charge in [0.05, 0.1) is 4.90 Å². The molecule has 27 heavy (non-hydrogen) atoms. The molecule has 144 valence electrons. The standard InChI is InChI=1S/C19H21ClN2O4S/c1-14(26-17-6-4-5-15(20)13-17)19(23)21-16-7-9-18(10-8-16)27(24,25)22-11-2-3-12-22/h4-10,13-14H,2-3,11-12H2,1H3,(H,21,23)/t14-/m1/s1. The van der Waals surface area contributed by atoms with Gasteiger partial charge in [-0.15, -0.1) is 0 Å². The lowest BCUT2D eigenvalue weighted by Crippen LogP contribution is -2.30. The molecule has 0 unspecified atom stereocenters. The lowest BCUT2D eigenvalue weighted by Gasteiger charge is -2.17. The normalized spacial score (nSPS) is 16.1. The van der Waals surface area contributed by atoms with Gasteiger partial charge in [0.1, 0.15) is 5.75 Å². The van der Waals surface area contributed by atoms with Gasteiger partial charge >= 0.3 is 0 Å². The minimum Gasteiger partial charge on any atom is -0.481 e. The van der Waals surface area contributed by atoms with Crippen molar-refractivity contribution in [2.75, 3.05) is 18.4 Å². The Balaban J connectivity index is 1.62. The van der Waals surface area contributed by atoms with Crippen molar-refractivity contribution in [3.05, 3.63) is 53.6 Å². The zero-order chi connectivity index (χ0) is 19.4. The number of hydrogen-bond acceptors (Lipinski definition) is 4. The third-order valence-corrected chi connectivity index (χ3v) is 6.45. The third kappa shape index (κ3) is 4.80. The second-order valence-corrected chi connectivity index (χ2v) is 8.72. The molecule has 1 atom stereocenters. The molecule has 2 aromatic rings. The molecule has 1 amide bonds. The van der Waals surface area contributed by atoms with Crippen molar-refractivity contribution in [3.63, 3.8) is 0 Å². The molecule has 3 rings (SSSR count). The Kier molecular flexibility index (Phi) is 6.04. The Morgan fingerprint density at radius 2 is 1.81 bits per heavy atom. The summed E-state index contributed by atoms with van der Waals surface area (Å²) >= 11 is 5.90. The van der Waals surface area contributed by atoms with E-state index >= 15 is 0 Å². The van der Waals surface area contributed by atoms with Gasteiger partial charge < -0.3 is 10.1 Å². The highest BCUT2D eigenvalue weighted by Gasteiger charge is 2.27. The van der Waals surface area contributed by atoms with Crippen LogP contribution in [0.3, 0.4) is 0 Å². The van der Waals surface area contributed by atoms with Crippen LogP contribution in [-0.2, 0) is 14.8 Å². The van der Waals surface area contributed by atoms with E-state index in [1.165, 1.54) is 16.4 Å². The molecule has 1 aliphatic heterocycles. The summed E-state index contributed by atoms with van der Waals surface area (Å²) in [6.45, 7) is 2.74. The molecule has 1 heterocycles. The van der Waals surface area contributed by atoms with E-state index in [1.807, 2.05) is 0 Å². The summed E-state index contributed by atoms with van der Waals surface area (Å²) in [5, 5.41) is 3.24. The quantitative estimate of drug-likeness (QED) is 0.793. The summed E-state index contributed by atoms with van der Waals surface area (Å²) in [7, 11) is -3.46. The number of hydrogen-bond donors (Lipinski definition) is 1. The fourth-order valence-corrected chi connectivity index (χ4v) is 4.53. The Bertz CT molecular complexity index is 910. The van der Waals surface area contributed by atoms with E-state index in [4.69, 9.17) is 16.3 Å². The van der Waals surface area contributed by atoms with E-state index in [0.717, 1.165) is 12.8 Å². The van der Waals surface area contributed by atoms with Crippen LogP contribution >= 0.6 is 11.6 Å². The van der Waals surface area contributed by atoms with Gasteiger partial charge in [0, 0.05) is 23.8 Å². The number of amides is 1. The molecule has 0 aliphatic carbocycles. The monoisotopic (exact) mass is 408 g/mol. The van der Waals surface area contributed by atoms with E-state index in [1.54, 1.807) is 43.3 Å². The lowest BCUT2D eigenvalue weighted by atomic mass is 10.3. The summed E-state index contributed by atoms with van der Waals surface area (Å²) in [5.74, 6) is 0.155. The summed E-state index contributed by atoms with van der Waals surface area (Å²) in [5.41, 5.74) is 0.502. The molecule has 8 heteroatoms. The molecule has 1 N–H and O–H groups in total. The van der Waals surface area contributed by atoms with Gasteiger partial charge in [-0.25, -0.2) is 8.42 Å². The molecule has 1 saturated heterocycles. The lowest BCUT2D eigenvalue weighted by molar-refractivity contribution is -0.122. The Morgan fingerprint density at radius 3 is 2.44 bits per heavy atom. The summed E-state index contributed by atoms with van der Waals surface area (Å²) in [6.07, 6.45) is 1.03. The molecule has 0 bridgehead atoms. The molecule has 6 nitrogen and oxygen atoms in total. The third-order valence-electron chi connectivity index (χ3n) is 4.30. The zero-order valence-corrected chi connectivity index (χ0v) is 16.5. The predicted molar refractivity (Wildman–Crippen MR) is 105 cm³/mol. The highest BCUT2D eigenvalue weighted by atomic mass is 35.5. The fourth-order valence-electron chi connectivity index (χ4n) is 2.83. The molecule has 1 fully saturated rings. The Morgan fingerprint density at radius 1 is 1.15 bits per heavy atom. The number of rotatable bonds is 6. The van der Waals surface area contributed by atoms with Gasteiger partial charge in [-0.3, -0.25) is 4.79 Å². The Hall–Kier alpha value is -2.09. The van der Waals surface area contributed by atoms with Crippen LogP contribution in [0.4, 0.5) is 5.69 Å². The first-order valence-electron chi connectivity index (χ1n) is 8.69. The van der Waals surface area contributed by atoms with Crippen molar-refractivity contribution >= 4 is 33.2 Å². The van der Waals surface area contributed by atoms with Crippen molar-refractivity contribution in [1.29, 1.82) is 0 Å². The van der Waals surface area contributed by atoms with E-state index in [0.29, 0.717) is 29.5 Å². The van der Waals surface area contributed by atoms with Crippen molar-refractivity contribution < 1.29 is 17.9 Å². The van der Waals surface area contributed by atoms with Crippen LogP contribution < -0.4 is 10.1 Å². The van der Waals surface area contributed by atoms with E-state index < -0.39 is 16.1 Å². The maximum atomic E-state index is 12.5. The van der Waals surface area contributed by atoms with Crippen LogP contribution in [0.15, 0.2) is 53.4 Å². The maximum absolute atomic E-state index is 12.5. The van der Waals surface area contributed by atoms with Crippen molar-refractivity contribution in [2.24, 2.45) is 0 Å². The highest BCUT2D eigenvalue weighted by Crippen LogP contribution is 2.23. The average molecular weight is 409 g/mol. The molecular formula is C19H21ClN2O4S. The van der Waals surface area contributed by atoms with Crippen molar-refractivity contribution in [1.82, 2.24) is 4.31 Å². The van der Waals surface area contributed by atoms with Gasteiger partial charge in [0.25, 0.3) is 5.91 Å². The van der Waals surface area contributed by atoms with Crippen molar-refractivity contribution in [2.45, 2.75) is 30.8 Å². The number of nitrogens with one attached hydrogen (secondary N) is 1. The second kappa shape index (κ2) is 8.29. The smallest absolute Gasteiger partial charge is 0.265 e. The van der Waals surface area contributed by atoms with E-state index in [-0.39, 0.29) is 10.8 Å². The molecular weight excluding hydrogens is 388 g/mol. The first-order valence-corrected chi connectivity index (χ1v) is 10.5. The maximum Gasteiger partial charge on any atom is 0.265 e. The Labute approximate surface area is 164 Å². The minimum atomic E-state index is -3.46. The number of carbonyl (C=O) groups is 1. The van der Waals surface area contributed by atoms with Crippen LogP contribution in [-0.4, -0.2) is 37.8 Å². The molecule has 0 spiro atoms. The topological polar surface area (TPSA) is 75.7 Å². The van der Waals surface area contributed by atoms with Gasteiger partial charge in [-0.05, 0) is 62.2 Å². The second-order valence-electron chi connectivity index (χ2n) is 6.34. The van der Waals surface area contributed by atoms with Crippen LogP contribution in [0.25, 0.3) is 0 Å². The van der Waals surface area contributed by atoms with Crippen LogP contribution in [0.5, 0.6) is 5.75 Å². The number of anilines is 1. The van der Waals surface area contributed by atoms with Gasteiger partial charge in [-0.1, -0.05) is 17.7 Å². The largest absolute Gasteiger partial charge is 0.481 e. The number of benzene rings is 2.